The van der Waals surface area contributed by atoms with Gasteiger partial charge in [0.25, 0.3) is 0 Å². The minimum atomic E-state index is -0.637. The van der Waals surface area contributed by atoms with Crippen molar-refractivity contribution in [2.24, 2.45) is 0 Å². The van der Waals surface area contributed by atoms with Gasteiger partial charge in [-0.15, -0.1) is 0 Å². The SMILES string of the molecule is COc1ccc(CCC(=O)N(Cc2ccccc2C)C(Cc2ccccc2)C(=O)NC(C)C)cc1OC. The second-order valence-electron chi connectivity index (χ2n) is 9.51. The zero-order valence-corrected chi connectivity index (χ0v) is 22.5. The fourth-order valence-electron chi connectivity index (χ4n) is 4.34. The Labute approximate surface area is 220 Å². The Morgan fingerprint density at radius 3 is 2.19 bits per heavy atom. The van der Waals surface area contributed by atoms with E-state index >= 15 is 0 Å². The molecule has 0 saturated carbocycles. The van der Waals surface area contributed by atoms with Gasteiger partial charge in [-0.25, -0.2) is 0 Å². The van der Waals surface area contributed by atoms with Gasteiger partial charge in [0.1, 0.15) is 6.04 Å². The van der Waals surface area contributed by atoms with Crippen LogP contribution in [0.15, 0.2) is 72.8 Å². The predicted molar refractivity (Wildman–Crippen MR) is 147 cm³/mol. The van der Waals surface area contributed by atoms with E-state index in [4.69, 9.17) is 9.47 Å². The van der Waals surface area contributed by atoms with E-state index in [2.05, 4.69) is 5.32 Å². The number of carbonyl (C=O) groups excluding carboxylic acids is 2. The van der Waals surface area contributed by atoms with Gasteiger partial charge < -0.3 is 19.7 Å². The normalized spacial score (nSPS) is 11.6. The monoisotopic (exact) mass is 502 g/mol. The van der Waals surface area contributed by atoms with Crippen molar-refractivity contribution in [2.45, 2.75) is 58.7 Å². The van der Waals surface area contributed by atoms with Gasteiger partial charge in [0.05, 0.1) is 14.2 Å². The molecular formula is C31H38N2O4. The van der Waals surface area contributed by atoms with E-state index in [1.54, 1.807) is 19.1 Å². The van der Waals surface area contributed by atoms with Crippen LogP contribution >= 0.6 is 0 Å². The summed E-state index contributed by atoms with van der Waals surface area (Å²) >= 11 is 0. The molecule has 1 unspecified atom stereocenters. The smallest absolute Gasteiger partial charge is 0.243 e. The summed E-state index contributed by atoms with van der Waals surface area (Å²) in [7, 11) is 3.19. The summed E-state index contributed by atoms with van der Waals surface area (Å²) in [4.78, 5) is 29.0. The van der Waals surface area contributed by atoms with Crippen LogP contribution in [-0.4, -0.2) is 43.0 Å². The van der Waals surface area contributed by atoms with Crippen molar-refractivity contribution in [2.75, 3.05) is 14.2 Å². The molecule has 0 saturated heterocycles. The Hall–Kier alpha value is -3.80. The number of hydrogen-bond acceptors (Lipinski definition) is 4. The van der Waals surface area contributed by atoms with Crippen molar-refractivity contribution >= 4 is 11.8 Å². The molecule has 0 aliphatic rings. The molecule has 6 nitrogen and oxygen atoms in total. The van der Waals surface area contributed by atoms with Crippen LogP contribution in [0.1, 0.15) is 42.5 Å². The summed E-state index contributed by atoms with van der Waals surface area (Å²) in [6.45, 7) is 6.26. The predicted octanol–water partition coefficient (Wildman–Crippen LogP) is 5.11. The van der Waals surface area contributed by atoms with Crippen molar-refractivity contribution in [1.29, 1.82) is 0 Å². The molecule has 0 heterocycles. The van der Waals surface area contributed by atoms with Crippen LogP contribution in [0.25, 0.3) is 0 Å². The van der Waals surface area contributed by atoms with Gasteiger partial charge in [0.15, 0.2) is 11.5 Å². The molecule has 3 aromatic carbocycles. The van der Waals surface area contributed by atoms with Gasteiger partial charge in [0.2, 0.25) is 11.8 Å². The summed E-state index contributed by atoms with van der Waals surface area (Å²) in [5.74, 6) is 1.05. The number of rotatable bonds is 12. The molecule has 2 amide bonds. The highest BCUT2D eigenvalue weighted by atomic mass is 16.5. The molecule has 0 aliphatic heterocycles. The van der Waals surface area contributed by atoms with Gasteiger partial charge >= 0.3 is 0 Å². The quantitative estimate of drug-likeness (QED) is 0.374. The molecule has 1 atom stereocenters. The Balaban J connectivity index is 1.91. The van der Waals surface area contributed by atoms with E-state index < -0.39 is 6.04 Å². The first kappa shape index (κ1) is 27.8. The first-order valence-corrected chi connectivity index (χ1v) is 12.7. The number of nitrogens with one attached hydrogen (secondary N) is 1. The van der Waals surface area contributed by atoms with Crippen LogP contribution in [-0.2, 0) is 29.0 Å². The molecule has 0 aliphatic carbocycles. The highest BCUT2D eigenvalue weighted by Gasteiger charge is 2.30. The molecule has 0 aromatic heterocycles. The van der Waals surface area contributed by atoms with Crippen molar-refractivity contribution in [3.05, 3.63) is 95.1 Å². The summed E-state index contributed by atoms with van der Waals surface area (Å²) in [6.07, 6.45) is 1.22. The molecule has 3 aromatic rings. The standard InChI is InChI=1S/C31H38N2O4/c1-22(2)32-31(35)27(19-24-12-7-6-8-13-24)33(21-26-14-10-9-11-23(26)3)30(34)18-16-25-15-17-28(36-4)29(20-25)37-5/h6-15,17,20,22,27H,16,18-19,21H2,1-5H3,(H,32,35). The highest BCUT2D eigenvalue weighted by molar-refractivity contribution is 5.88. The van der Waals surface area contributed by atoms with E-state index in [-0.39, 0.29) is 24.3 Å². The second kappa shape index (κ2) is 13.5. The van der Waals surface area contributed by atoms with E-state index in [0.717, 1.165) is 22.3 Å². The molecule has 0 bridgehead atoms. The minimum absolute atomic E-state index is 0.0343. The average Bonchev–Trinajstić information content (AvgIpc) is 2.90. The number of ether oxygens (including phenoxy) is 2. The Morgan fingerprint density at radius 2 is 1.54 bits per heavy atom. The fraction of sp³-hybridized carbons (Fsp3) is 0.355. The number of nitrogens with zero attached hydrogens (tertiary/aromatic N) is 1. The van der Waals surface area contributed by atoms with Crippen LogP contribution < -0.4 is 14.8 Å². The number of methoxy groups -OCH3 is 2. The maximum absolute atomic E-state index is 13.8. The lowest BCUT2D eigenvalue weighted by molar-refractivity contribution is -0.141. The van der Waals surface area contributed by atoms with Gasteiger partial charge in [-0.1, -0.05) is 60.7 Å². The van der Waals surface area contributed by atoms with Gasteiger partial charge in [0, 0.05) is 25.4 Å². The summed E-state index contributed by atoms with van der Waals surface area (Å²) in [5.41, 5.74) is 4.09. The zero-order chi connectivity index (χ0) is 26.8. The fourth-order valence-corrected chi connectivity index (χ4v) is 4.34. The Morgan fingerprint density at radius 1 is 0.865 bits per heavy atom. The Kier molecular flexibility index (Phi) is 10.1. The zero-order valence-electron chi connectivity index (χ0n) is 22.5. The lowest BCUT2D eigenvalue weighted by atomic mass is 10.00. The van der Waals surface area contributed by atoms with Crippen molar-refractivity contribution in [3.63, 3.8) is 0 Å². The molecule has 37 heavy (non-hydrogen) atoms. The number of amides is 2. The highest BCUT2D eigenvalue weighted by Crippen LogP contribution is 2.28. The summed E-state index contributed by atoms with van der Waals surface area (Å²) < 4.78 is 10.8. The third kappa shape index (κ3) is 7.84. The second-order valence-corrected chi connectivity index (χ2v) is 9.51. The van der Waals surface area contributed by atoms with Gasteiger partial charge in [-0.3, -0.25) is 9.59 Å². The maximum atomic E-state index is 13.8. The Bertz CT molecular complexity index is 1180. The van der Waals surface area contributed by atoms with E-state index in [1.165, 1.54) is 0 Å². The first-order chi connectivity index (χ1) is 17.8. The molecule has 0 radical (unpaired) electrons. The molecule has 196 valence electrons. The third-order valence-electron chi connectivity index (χ3n) is 6.38. The topological polar surface area (TPSA) is 67.9 Å². The lowest BCUT2D eigenvalue weighted by Gasteiger charge is -2.32. The van der Waals surface area contributed by atoms with Crippen LogP contribution in [0.4, 0.5) is 0 Å². The molecule has 3 rings (SSSR count). The number of benzene rings is 3. The molecule has 6 heteroatoms. The van der Waals surface area contributed by atoms with Crippen LogP contribution in [0.3, 0.4) is 0 Å². The van der Waals surface area contributed by atoms with E-state index in [9.17, 15) is 9.59 Å². The maximum Gasteiger partial charge on any atom is 0.243 e. The molecule has 0 fully saturated rings. The molecular weight excluding hydrogens is 464 g/mol. The van der Waals surface area contributed by atoms with E-state index in [0.29, 0.717) is 30.9 Å². The van der Waals surface area contributed by atoms with Crippen LogP contribution in [0.2, 0.25) is 0 Å². The lowest BCUT2D eigenvalue weighted by Crippen LogP contribution is -2.51. The largest absolute Gasteiger partial charge is 0.493 e. The average molecular weight is 503 g/mol. The molecule has 1 N–H and O–H groups in total. The summed E-state index contributed by atoms with van der Waals surface area (Å²) in [5, 5.41) is 3.04. The van der Waals surface area contributed by atoms with Crippen molar-refractivity contribution in [1.82, 2.24) is 10.2 Å². The van der Waals surface area contributed by atoms with E-state index in [1.807, 2.05) is 93.6 Å². The van der Waals surface area contributed by atoms with Crippen molar-refractivity contribution in [3.8, 4) is 11.5 Å². The molecule has 0 spiro atoms. The minimum Gasteiger partial charge on any atom is -0.493 e. The van der Waals surface area contributed by atoms with Crippen molar-refractivity contribution < 1.29 is 19.1 Å². The van der Waals surface area contributed by atoms with Gasteiger partial charge in [-0.05, 0) is 61.6 Å². The number of hydrogen-bond donors (Lipinski definition) is 1. The van der Waals surface area contributed by atoms with Crippen LogP contribution in [0.5, 0.6) is 11.5 Å². The summed E-state index contributed by atoms with van der Waals surface area (Å²) in [6, 6.07) is 22.9. The van der Waals surface area contributed by atoms with Crippen LogP contribution in [0, 0.1) is 6.92 Å². The first-order valence-electron chi connectivity index (χ1n) is 12.7. The number of carbonyl (C=O) groups is 2. The van der Waals surface area contributed by atoms with Gasteiger partial charge in [-0.2, -0.15) is 0 Å². The number of aryl methyl sites for hydroxylation is 2. The third-order valence-corrected chi connectivity index (χ3v) is 6.38.